The second-order valence-corrected chi connectivity index (χ2v) is 7.31. The van der Waals surface area contributed by atoms with E-state index >= 15 is 0 Å². The number of rotatable bonds is 5. The Balaban J connectivity index is 1.35. The third kappa shape index (κ3) is 4.45. The summed E-state index contributed by atoms with van der Waals surface area (Å²) >= 11 is 0. The smallest absolute Gasteiger partial charge is 0.264 e. The van der Waals surface area contributed by atoms with Crippen molar-refractivity contribution in [3.63, 3.8) is 0 Å². The normalized spacial score (nSPS) is 23.9. The molecule has 1 amide bonds. The summed E-state index contributed by atoms with van der Waals surface area (Å²) in [4.78, 5) is 17.7. The number of amides is 1. The van der Waals surface area contributed by atoms with Gasteiger partial charge in [0.1, 0.15) is 11.6 Å². The number of ether oxygens (including phenoxy) is 1. The van der Waals surface area contributed by atoms with Crippen molar-refractivity contribution in [2.45, 2.75) is 31.5 Å². The molecule has 29 heavy (non-hydrogen) atoms. The summed E-state index contributed by atoms with van der Waals surface area (Å²) in [5.41, 5.74) is 1.34. The summed E-state index contributed by atoms with van der Waals surface area (Å²) in [5, 5.41) is 6.70. The molecule has 2 aliphatic heterocycles. The number of benzene rings is 2. The van der Waals surface area contributed by atoms with E-state index in [-0.39, 0.29) is 35.6 Å². The van der Waals surface area contributed by atoms with Gasteiger partial charge in [0.2, 0.25) is 6.10 Å². The van der Waals surface area contributed by atoms with Gasteiger partial charge in [-0.2, -0.15) is 0 Å². The van der Waals surface area contributed by atoms with E-state index in [1.807, 2.05) is 30.3 Å². The van der Waals surface area contributed by atoms with E-state index in [1.165, 1.54) is 0 Å². The van der Waals surface area contributed by atoms with Crippen molar-refractivity contribution in [3.05, 3.63) is 71.3 Å². The maximum atomic E-state index is 13.9. The van der Waals surface area contributed by atoms with Crippen molar-refractivity contribution in [1.29, 1.82) is 0 Å². The molecule has 0 unspecified atom stereocenters. The highest BCUT2D eigenvalue weighted by Crippen LogP contribution is 2.33. The minimum Gasteiger partial charge on any atom is -0.382 e. The molecule has 1 N–H and O–H groups in total. The van der Waals surface area contributed by atoms with Gasteiger partial charge in [0.15, 0.2) is 0 Å². The molecule has 2 aromatic carbocycles. The van der Waals surface area contributed by atoms with E-state index < -0.39 is 17.7 Å². The first-order valence-corrected chi connectivity index (χ1v) is 9.74. The van der Waals surface area contributed by atoms with Crippen LogP contribution in [0.4, 0.5) is 8.78 Å². The van der Waals surface area contributed by atoms with Crippen molar-refractivity contribution >= 4 is 11.6 Å². The van der Waals surface area contributed by atoms with Gasteiger partial charge in [-0.05, 0) is 36.6 Å². The predicted molar refractivity (Wildman–Crippen MR) is 103 cm³/mol. The molecule has 5 nitrogen and oxygen atoms in total. The summed E-state index contributed by atoms with van der Waals surface area (Å²) in [6.07, 6.45) is 1.06. The summed E-state index contributed by atoms with van der Waals surface area (Å²) in [7, 11) is 0. The number of carbonyl (C=O) groups is 1. The molecule has 2 heterocycles. The summed E-state index contributed by atoms with van der Waals surface area (Å²) in [6.45, 7) is 1.15. The van der Waals surface area contributed by atoms with Crippen LogP contribution in [0, 0.1) is 17.6 Å². The van der Waals surface area contributed by atoms with E-state index in [0.29, 0.717) is 13.2 Å². The second-order valence-electron chi connectivity index (χ2n) is 7.31. The molecular formula is C22H22F2N2O3. The minimum atomic E-state index is -0.854. The average Bonchev–Trinajstić information content (AvgIpc) is 3.25. The van der Waals surface area contributed by atoms with Gasteiger partial charge in [-0.3, -0.25) is 4.79 Å². The summed E-state index contributed by atoms with van der Waals surface area (Å²) in [6, 6.07) is 13.1. The third-order valence-corrected chi connectivity index (χ3v) is 5.31. The van der Waals surface area contributed by atoms with Crippen molar-refractivity contribution in [2.75, 3.05) is 13.2 Å². The molecule has 4 rings (SSSR count). The van der Waals surface area contributed by atoms with Crippen LogP contribution in [0.2, 0.25) is 0 Å². The van der Waals surface area contributed by atoms with E-state index in [4.69, 9.17) is 9.57 Å². The largest absolute Gasteiger partial charge is 0.382 e. The second kappa shape index (κ2) is 8.69. The SMILES string of the molecule is O=C(NC[C@@H]1CCCO[C@H]1c1ccccc1)[C@@H]1CC(c2cc(F)ccc2F)=NO1. The zero-order valence-electron chi connectivity index (χ0n) is 15.8. The van der Waals surface area contributed by atoms with Gasteiger partial charge in [-0.15, -0.1) is 0 Å². The van der Waals surface area contributed by atoms with Gasteiger partial charge in [-0.1, -0.05) is 35.5 Å². The number of hydrogen-bond acceptors (Lipinski definition) is 4. The van der Waals surface area contributed by atoms with Crippen molar-refractivity contribution in [3.8, 4) is 0 Å². The predicted octanol–water partition coefficient (Wildman–Crippen LogP) is 3.74. The van der Waals surface area contributed by atoms with Crippen molar-refractivity contribution in [1.82, 2.24) is 5.32 Å². The minimum absolute atomic E-state index is 0.0186. The Morgan fingerprint density at radius 3 is 2.83 bits per heavy atom. The van der Waals surface area contributed by atoms with Crippen LogP contribution in [-0.2, 0) is 14.4 Å². The molecular weight excluding hydrogens is 378 g/mol. The molecule has 7 heteroatoms. The van der Waals surface area contributed by atoms with Gasteiger partial charge in [0.05, 0.1) is 11.8 Å². The molecule has 0 radical (unpaired) electrons. The van der Waals surface area contributed by atoms with Crippen LogP contribution < -0.4 is 5.32 Å². The van der Waals surface area contributed by atoms with Crippen molar-refractivity contribution in [2.24, 2.45) is 11.1 Å². The summed E-state index contributed by atoms with van der Waals surface area (Å²) < 4.78 is 33.3. The van der Waals surface area contributed by atoms with Gasteiger partial charge < -0.3 is 14.9 Å². The van der Waals surface area contributed by atoms with E-state index in [0.717, 1.165) is 36.6 Å². The Bertz CT molecular complexity index is 904. The quantitative estimate of drug-likeness (QED) is 0.832. The number of nitrogens with zero attached hydrogens (tertiary/aromatic N) is 1. The topological polar surface area (TPSA) is 59.9 Å². The van der Waals surface area contributed by atoms with Gasteiger partial charge in [-0.25, -0.2) is 8.78 Å². The Hall–Kier alpha value is -2.80. The lowest BCUT2D eigenvalue weighted by molar-refractivity contribution is -0.131. The zero-order chi connectivity index (χ0) is 20.2. The highest BCUT2D eigenvalue weighted by Gasteiger charge is 2.32. The van der Waals surface area contributed by atoms with Crippen LogP contribution in [-0.4, -0.2) is 30.9 Å². The van der Waals surface area contributed by atoms with Gasteiger partial charge in [0, 0.05) is 31.1 Å². The number of nitrogens with one attached hydrogen (secondary N) is 1. The Labute approximate surface area is 167 Å². The fraction of sp³-hybridized carbons (Fsp3) is 0.364. The number of carbonyl (C=O) groups excluding carboxylic acids is 1. The first kappa shape index (κ1) is 19.5. The lowest BCUT2D eigenvalue weighted by atomic mass is 9.89. The van der Waals surface area contributed by atoms with Crippen LogP contribution in [0.5, 0.6) is 0 Å². The fourth-order valence-electron chi connectivity index (χ4n) is 3.80. The Kier molecular flexibility index (Phi) is 5.85. The van der Waals surface area contributed by atoms with Crippen LogP contribution in [0.25, 0.3) is 0 Å². The van der Waals surface area contributed by atoms with Gasteiger partial charge in [0.25, 0.3) is 5.91 Å². The molecule has 1 saturated heterocycles. The monoisotopic (exact) mass is 400 g/mol. The standard InChI is InChI=1S/C22H22F2N2O3/c23-16-8-9-18(24)17(11-16)19-12-20(29-26-19)22(27)25-13-15-7-4-10-28-21(15)14-5-2-1-3-6-14/h1-3,5-6,8-9,11,15,20-21H,4,7,10,12-13H2,(H,25,27)/t15-,20-,21-/m0/s1. The average molecular weight is 400 g/mol. The van der Waals surface area contributed by atoms with Crippen molar-refractivity contribution < 1.29 is 23.1 Å². The first-order valence-electron chi connectivity index (χ1n) is 9.74. The van der Waals surface area contributed by atoms with Crippen LogP contribution >= 0.6 is 0 Å². The lowest BCUT2D eigenvalue weighted by Crippen LogP contribution is -2.40. The van der Waals surface area contributed by atoms with E-state index in [1.54, 1.807) is 0 Å². The highest BCUT2D eigenvalue weighted by atomic mass is 19.1. The van der Waals surface area contributed by atoms with E-state index in [2.05, 4.69) is 10.5 Å². The lowest BCUT2D eigenvalue weighted by Gasteiger charge is -2.32. The number of hydrogen-bond donors (Lipinski definition) is 1. The molecule has 2 aliphatic rings. The number of oxime groups is 1. The maximum Gasteiger partial charge on any atom is 0.264 e. The molecule has 152 valence electrons. The Morgan fingerprint density at radius 1 is 1.17 bits per heavy atom. The zero-order valence-corrected chi connectivity index (χ0v) is 15.8. The van der Waals surface area contributed by atoms with Crippen LogP contribution in [0.15, 0.2) is 53.7 Å². The van der Waals surface area contributed by atoms with Crippen LogP contribution in [0.1, 0.15) is 36.5 Å². The summed E-state index contributed by atoms with van der Waals surface area (Å²) in [5.74, 6) is -1.34. The molecule has 0 aliphatic carbocycles. The first-order chi connectivity index (χ1) is 14.1. The maximum absolute atomic E-state index is 13.9. The van der Waals surface area contributed by atoms with Crippen LogP contribution in [0.3, 0.4) is 0 Å². The Morgan fingerprint density at radius 2 is 2.00 bits per heavy atom. The molecule has 1 fully saturated rings. The third-order valence-electron chi connectivity index (χ3n) is 5.31. The molecule has 0 bridgehead atoms. The van der Waals surface area contributed by atoms with E-state index in [9.17, 15) is 13.6 Å². The molecule has 0 spiro atoms. The highest BCUT2D eigenvalue weighted by molar-refractivity contribution is 6.04. The van der Waals surface area contributed by atoms with Gasteiger partial charge >= 0.3 is 0 Å². The molecule has 0 aromatic heterocycles. The molecule has 0 saturated carbocycles. The fourth-order valence-corrected chi connectivity index (χ4v) is 3.80. The number of halogens is 2. The molecule has 3 atom stereocenters. The molecule has 2 aromatic rings.